The van der Waals surface area contributed by atoms with Crippen molar-refractivity contribution in [3.63, 3.8) is 0 Å². The molecule has 0 bridgehead atoms. The molecule has 2 aromatic rings. The highest BCUT2D eigenvalue weighted by Gasteiger charge is 2.28. The van der Waals surface area contributed by atoms with Gasteiger partial charge in [0.2, 0.25) is 5.91 Å². The summed E-state index contributed by atoms with van der Waals surface area (Å²) in [7, 11) is 0. The lowest BCUT2D eigenvalue weighted by Gasteiger charge is -2.28. The number of hydrogen-bond donors (Lipinski definition) is 3. The zero-order valence-corrected chi connectivity index (χ0v) is 20.5. The summed E-state index contributed by atoms with van der Waals surface area (Å²) in [5.41, 5.74) is 2.89. The Morgan fingerprint density at radius 2 is 1.68 bits per heavy atom. The van der Waals surface area contributed by atoms with Crippen molar-refractivity contribution in [1.29, 1.82) is 0 Å². The van der Waals surface area contributed by atoms with E-state index in [1.54, 1.807) is 11.8 Å². The number of fused-ring (bicyclic) bond motifs is 1. The van der Waals surface area contributed by atoms with Gasteiger partial charge in [-0.15, -0.1) is 11.8 Å². The van der Waals surface area contributed by atoms with Gasteiger partial charge < -0.3 is 15.7 Å². The first kappa shape index (κ1) is 24.6. The van der Waals surface area contributed by atoms with E-state index in [0.29, 0.717) is 36.0 Å². The van der Waals surface area contributed by atoms with E-state index in [1.807, 2.05) is 42.5 Å². The fraction of sp³-hybridized carbons (Fsp3) is 0.423. The lowest BCUT2D eigenvalue weighted by molar-refractivity contribution is -0.138. The molecule has 1 unspecified atom stereocenters. The highest BCUT2D eigenvalue weighted by Crippen LogP contribution is 2.38. The second-order valence-electron chi connectivity index (χ2n) is 9.05. The van der Waals surface area contributed by atoms with Crippen molar-refractivity contribution in [3.8, 4) is 0 Å². The number of carbonyl (C=O) groups excluding carboxylic acids is 2. The van der Waals surface area contributed by atoms with Gasteiger partial charge in [-0.25, -0.2) is 0 Å². The molecule has 2 aliphatic rings. The first-order valence-electron chi connectivity index (χ1n) is 11.7. The summed E-state index contributed by atoms with van der Waals surface area (Å²) >= 11 is 7.58. The number of carboxylic acids is 1. The Hall–Kier alpha value is -2.51. The van der Waals surface area contributed by atoms with Crippen LogP contribution >= 0.6 is 23.4 Å². The van der Waals surface area contributed by atoms with Gasteiger partial charge in [0.05, 0.1) is 5.25 Å². The van der Waals surface area contributed by atoms with Crippen molar-refractivity contribution in [2.24, 2.45) is 5.92 Å². The molecule has 1 aliphatic heterocycles. The Balaban J connectivity index is 1.17. The van der Waals surface area contributed by atoms with E-state index >= 15 is 0 Å². The van der Waals surface area contributed by atoms with Gasteiger partial charge in [-0.05, 0) is 85.4 Å². The quantitative estimate of drug-likeness (QED) is 0.458. The molecule has 0 aromatic heterocycles. The van der Waals surface area contributed by atoms with Gasteiger partial charge in [0, 0.05) is 35.0 Å². The fourth-order valence-corrected chi connectivity index (χ4v) is 6.19. The predicted octanol–water partition coefficient (Wildman–Crippen LogP) is 4.65. The summed E-state index contributed by atoms with van der Waals surface area (Å²) in [5.74, 6) is -0.211. The molecule has 0 saturated heterocycles. The summed E-state index contributed by atoms with van der Waals surface area (Å²) in [6.07, 6.45) is 4.76. The molecule has 180 valence electrons. The van der Waals surface area contributed by atoms with Crippen LogP contribution in [0.2, 0.25) is 5.02 Å². The van der Waals surface area contributed by atoms with Crippen molar-refractivity contribution in [2.45, 2.75) is 54.6 Å². The normalized spacial score (nSPS) is 21.5. The minimum atomic E-state index is -0.716. The molecular formula is C26H29ClN2O4S. The number of amides is 2. The third-order valence-electron chi connectivity index (χ3n) is 6.65. The Morgan fingerprint density at radius 3 is 2.38 bits per heavy atom. The molecule has 34 heavy (non-hydrogen) atoms. The van der Waals surface area contributed by atoms with Gasteiger partial charge in [-0.3, -0.25) is 14.4 Å². The minimum absolute atomic E-state index is 0.0333. The van der Waals surface area contributed by atoms with Gasteiger partial charge >= 0.3 is 5.97 Å². The number of benzene rings is 2. The summed E-state index contributed by atoms with van der Waals surface area (Å²) < 4.78 is 0. The average molecular weight is 501 g/mol. The highest BCUT2D eigenvalue weighted by atomic mass is 35.5. The van der Waals surface area contributed by atoms with Crippen LogP contribution in [0.3, 0.4) is 0 Å². The number of thioether (sulfide) groups is 1. The van der Waals surface area contributed by atoms with Crippen LogP contribution in [0.1, 0.15) is 59.5 Å². The Labute approximate surface area is 208 Å². The van der Waals surface area contributed by atoms with Crippen LogP contribution < -0.4 is 10.6 Å². The van der Waals surface area contributed by atoms with Crippen molar-refractivity contribution >= 4 is 41.1 Å². The second-order valence-corrected chi connectivity index (χ2v) is 10.7. The zero-order chi connectivity index (χ0) is 24.1. The van der Waals surface area contributed by atoms with Crippen LogP contribution in [-0.4, -0.2) is 41.2 Å². The first-order valence-corrected chi connectivity index (χ1v) is 13.0. The van der Waals surface area contributed by atoms with Gasteiger partial charge in [-0.1, -0.05) is 23.7 Å². The maximum absolute atomic E-state index is 12.5. The summed E-state index contributed by atoms with van der Waals surface area (Å²) in [4.78, 5) is 36.9. The number of aliphatic carboxylic acids is 1. The lowest BCUT2D eigenvalue weighted by Crippen LogP contribution is -2.38. The lowest BCUT2D eigenvalue weighted by atomic mass is 9.77. The van der Waals surface area contributed by atoms with Crippen LogP contribution in [0.15, 0.2) is 47.4 Å². The van der Waals surface area contributed by atoms with E-state index in [9.17, 15) is 14.4 Å². The molecule has 1 heterocycles. The third-order valence-corrected chi connectivity index (χ3v) is 8.21. The molecule has 0 radical (unpaired) electrons. The van der Waals surface area contributed by atoms with Crippen LogP contribution in [0, 0.1) is 5.92 Å². The minimum Gasteiger partial charge on any atom is -0.481 e. The van der Waals surface area contributed by atoms with E-state index in [0.717, 1.165) is 36.1 Å². The fourth-order valence-electron chi connectivity index (χ4n) is 4.79. The molecule has 1 atom stereocenters. The largest absolute Gasteiger partial charge is 0.481 e. The van der Waals surface area contributed by atoms with Gasteiger partial charge in [-0.2, -0.15) is 0 Å². The van der Waals surface area contributed by atoms with E-state index < -0.39 is 5.97 Å². The number of carbonyl (C=O) groups is 3. The van der Waals surface area contributed by atoms with E-state index in [-0.39, 0.29) is 29.4 Å². The van der Waals surface area contributed by atoms with Crippen molar-refractivity contribution in [1.82, 2.24) is 10.6 Å². The SMILES string of the molecule is O=C(O)CC1CCC(c2ccc(C(=O)NCCNC(=O)C3Cc4cc(Cl)ccc4S3)cc2)CC1. The Kier molecular flexibility index (Phi) is 8.16. The Bertz CT molecular complexity index is 1050. The molecule has 3 N–H and O–H groups in total. The molecule has 8 heteroatoms. The maximum atomic E-state index is 12.5. The standard InChI is InChI=1S/C26H29ClN2O4S/c27-21-9-10-22-20(14-21)15-23(34-22)26(33)29-12-11-28-25(32)19-7-5-18(6-8-19)17-3-1-16(2-4-17)13-24(30)31/h5-10,14,16-17,23H,1-4,11-13,15H2,(H,28,32)(H,29,33)(H,30,31). The molecule has 2 amide bonds. The monoisotopic (exact) mass is 500 g/mol. The summed E-state index contributed by atoms with van der Waals surface area (Å²) in [6.45, 7) is 0.729. The average Bonchev–Trinajstić information content (AvgIpc) is 3.25. The van der Waals surface area contributed by atoms with Crippen molar-refractivity contribution in [3.05, 3.63) is 64.2 Å². The molecule has 0 spiro atoms. The van der Waals surface area contributed by atoms with Crippen LogP contribution in [0.5, 0.6) is 0 Å². The molecule has 4 rings (SSSR count). The molecule has 1 saturated carbocycles. The summed E-state index contributed by atoms with van der Waals surface area (Å²) in [5, 5.41) is 15.2. The van der Waals surface area contributed by atoms with Crippen LogP contribution in [-0.2, 0) is 16.0 Å². The smallest absolute Gasteiger partial charge is 0.303 e. The van der Waals surface area contributed by atoms with E-state index in [2.05, 4.69) is 10.6 Å². The topological polar surface area (TPSA) is 95.5 Å². The van der Waals surface area contributed by atoms with E-state index in [1.165, 1.54) is 5.56 Å². The number of carboxylic acid groups (broad SMARTS) is 1. The third kappa shape index (κ3) is 6.33. The first-order chi connectivity index (χ1) is 16.4. The second kappa shape index (κ2) is 11.3. The van der Waals surface area contributed by atoms with E-state index in [4.69, 9.17) is 16.7 Å². The maximum Gasteiger partial charge on any atom is 0.303 e. The summed E-state index contributed by atoms with van der Waals surface area (Å²) in [6, 6.07) is 13.4. The number of rotatable bonds is 8. The predicted molar refractivity (Wildman–Crippen MR) is 134 cm³/mol. The Morgan fingerprint density at radius 1 is 0.971 bits per heavy atom. The zero-order valence-electron chi connectivity index (χ0n) is 18.9. The van der Waals surface area contributed by atoms with Gasteiger partial charge in [0.1, 0.15) is 0 Å². The highest BCUT2D eigenvalue weighted by molar-refractivity contribution is 8.01. The van der Waals surface area contributed by atoms with Crippen molar-refractivity contribution in [2.75, 3.05) is 13.1 Å². The molecular weight excluding hydrogens is 472 g/mol. The van der Waals surface area contributed by atoms with Gasteiger partial charge in [0.25, 0.3) is 5.91 Å². The molecule has 2 aromatic carbocycles. The molecule has 1 aliphatic carbocycles. The molecule has 1 fully saturated rings. The number of halogens is 1. The van der Waals surface area contributed by atoms with Crippen molar-refractivity contribution < 1.29 is 19.5 Å². The van der Waals surface area contributed by atoms with Crippen LogP contribution in [0.25, 0.3) is 0 Å². The number of hydrogen-bond acceptors (Lipinski definition) is 4. The van der Waals surface area contributed by atoms with Crippen LogP contribution in [0.4, 0.5) is 0 Å². The number of nitrogens with one attached hydrogen (secondary N) is 2. The molecule has 6 nitrogen and oxygen atoms in total. The van der Waals surface area contributed by atoms with Gasteiger partial charge in [0.15, 0.2) is 0 Å².